The van der Waals surface area contributed by atoms with Crippen molar-refractivity contribution in [3.63, 3.8) is 0 Å². The van der Waals surface area contributed by atoms with E-state index in [1.54, 1.807) is 12.1 Å². The maximum atomic E-state index is 10.9. The van der Waals surface area contributed by atoms with E-state index >= 15 is 0 Å². The molecule has 84 valence electrons. The third-order valence-corrected chi connectivity index (χ3v) is 2.38. The van der Waals surface area contributed by atoms with Gasteiger partial charge in [0.05, 0.1) is 11.1 Å². The zero-order chi connectivity index (χ0) is 11.7. The topological polar surface area (TPSA) is 74.6 Å². The van der Waals surface area contributed by atoms with Gasteiger partial charge in [-0.1, -0.05) is 24.3 Å². The first kappa shape index (κ1) is 14.0. The van der Waals surface area contributed by atoms with Gasteiger partial charge in [-0.25, -0.2) is 9.59 Å². The third-order valence-electron chi connectivity index (χ3n) is 2.38. The molecule has 0 atom stereocenters. The van der Waals surface area contributed by atoms with Crippen molar-refractivity contribution in [1.82, 2.24) is 0 Å². The van der Waals surface area contributed by atoms with Crippen molar-refractivity contribution in [3.05, 3.63) is 47.5 Å². The first-order chi connectivity index (χ1) is 7.61. The van der Waals surface area contributed by atoms with E-state index in [1.807, 2.05) is 0 Å². The van der Waals surface area contributed by atoms with Gasteiger partial charge in [-0.05, 0) is 22.9 Å². The molecule has 2 rings (SSSR count). The van der Waals surface area contributed by atoms with E-state index in [2.05, 4.69) is 0 Å². The second kappa shape index (κ2) is 5.53. The minimum Gasteiger partial charge on any atom is -0.478 e. The van der Waals surface area contributed by atoms with Crippen molar-refractivity contribution >= 4 is 22.7 Å². The van der Waals surface area contributed by atoms with Crippen molar-refractivity contribution in [1.29, 1.82) is 0 Å². The maximum Gasteiger partial charge on any atom is 0.336 e. The Balaban J connectivity index is 0.00000144. The molecule has 5 heteroatoms. The van der Waals surface area contributed by atoms with Gasteiger partial charge in [0.15, 0.2) is 0 Å². The van der Waals surface area contributed by atoms with Crippen LogP contribution in [0.25, 0.3) is 10.8 Å². The molecule has 2 N–H and O–H groups in total. The Kier molecular flexibility index (Phi) is 4.57. The van der Waals surface area contributed by atoms with Crippen LogP contribution in [0.2, 0.25) is 0 Å². The summed E-state index contributed by atoms with van der Waals surface area (Å²) in [6, 6.07) is 9.19. The molecule has 17 heavy (non-hydrogen) atoms. The number of carboxylic acids is 2. The molecular formula is C12H8O4Th. The minimum absolute atomic E-state index is 0. The first-order valence-electron chi connectivity index (χ1n) is 4.59. The standard InChI is InChI=1S/C12H8O4.Th/c13-11(14)9-5-1-3-7-8(9)4-2-6-10(7)12(15)16;/h1-6H,(H,13,14)(H,15,16);. The fourth-order valence-corrected chi connectivity index (χ4v) is 1.68. The van der Waals surface area contributed by atoms with Gasteiger partial charge in [0.1, 0.15) is 0 Å². The van der Waals surface area contributed by atoms with E-state index in [-0.39, 0.29) is 51.1 Å². The zero-order valence-electron chi connectivity index (χ0n) is 8.68. The molecule has 0 bridgehead atoms. The van der Waals surface area contributed by atoms with Crippen LogP contribution < -0.4 is 0 Å². The SMILES string of the molecule is O=C(O)c1cccc2c(C(=O)O)cccc12.[Th]. The quantitative estimate of drug-likeness (QED) is 0.740. The Bertz CT molecular complexity index is 539. The van der Waals surface area contributed by atoms with Gasteiger partial charge in [-0.2, -0.15) is 0 Å². The van der Waals surface area contributed by atoms with Crippen molar-refractivity contribution in [2.45, 2.75) is 0 Å². The molecule has 2 aromatic rings. The van der Waals surface area contributed by atoms with Crippen molar-refractivity contribution in [3.8, 4) is 0 Å². The number of benzene rings is 2. The minimum atomic E-state index is -1.06. The summed E-state index contributed by atoms with van der Waals surface area (Å²) in [5.41, 5.74) is 0.223. The summed E-state index contributed by atoms with van der Waals surface area (Å²) in [5, 5.41) is 18.8. The summed E-state index contributed by atoms with van der Waals surface area (Å²) in [6.07, 6.45) is 0. The van der Waals surface area contributed by atoms with Gasteiger partial charge in [0.2, 0.25) is 0 Å². The van der Waals surface area contributed by atoms with Crippen molar-refractivity contribution in [2.24, 2.45) is 0 Å². The van der Waals surface area contributed by atoms with E-state index in [0.717, 1.165) is 0 Å². The Hall–Kier alpha value is -1.04. The summed E-state index contributed by atoms with van der Waals surface area (Å²) in [7, 11) is 0. The van der Waals surface area contributed by atoms with Gasteiger partial charge in [0, 0.05) is 39.9 Å². The van der Waals surface area contributed by atoms with E-state index in [1.165, 1.54) is 24.3 Å². The van der Waals surface area contributed by atoms with Gasteiger partial charge in [0.25, 0.3) is 0 Å². The summed E-state index contributed by atoms with van der Waals surface area (Å²) < 4.78 is 0. The number of fused-ring (bicyclic) bond motifs is 1. The molecule has 0 radical (unpaired) electrons. The molecule has 0 aliphatic heterocycles. The fourth-order valence-electron chi connectivity index (χ4n) is 1.68. The van der Waals surface area contributed by atoms with Crippen LogP contribution in [0, 0.1) is 39.9 Å². The Morgan fingerprint density at radius 3 is 1.41 bits per heavy atom. The Morgan fingerprint density at radius 1 is 0.765 bits per heavy atom. The number of hydrogen-bond donors (Lipinski definition) is 2. The van der Waals surface area contributed by atoms with Crippen LogP contribution in [0.4, 0.5) is 0 Å². The molecule has 0 aliphatic rings. The predicted octanol–water partition coefficient (Wildman–Crippen LogP) is 2.24. The smallest absolute Gasteiger partial charge is 0.336 e. The van der Waals surface area contributed by atoms with E-state index in [0.29, 0.717) is 10.8 Å². The molecule has 0 saturated carbocycles. The zero-order valence-corrected chi connectivity index (χ0v) is 12.8. The number of carbonyl (C=O) groups is 2. The molecule has 2 aromatic carbocycles. The van der Waals surface area contributed by atoms with Crippen LogP contribution >= 0.6 is 0 Å². The van der Waals surface area contributed by atoms with Crippen LogP contribution in [0.5, 0.6) is 0 Å². The van der Waals surface area contributed by atoms with Gasteiger partial charge in [-0.15, -0.1) is 0 Å². The molecule has 0 heterocycles. The maximum absolute atomic E-state index is 10.9. The number of hydrogen-bond acceptors (Lipinski definition) is 2. The normalized spacial score (nSPS) is 9.65. The average Bonchev–Trinajstić information content (AvgIpc) is 2.27. The summed E-state index contributed by atoms with van der Waals surface area (Å²) in [5.74, 6) is -2.12. The van der Waals surface area contributed by atoms with E-state index < -0.39 is 11.9 Å². The van der Waals surface area contributed by atoms with Crippen LogP contribution in [-0.4, -0.2) is 22.2 Å². The molecule has 0 spiro atoms. The van der Waals surface area contributed by atoms with Gasteiger partial charge >= 0.3 is 11.9 Å². The molecule has 0 aromatic heterocycles. The molecule has 0 saturated heterocycles. The van der Waals surface area contributed by atoms with Crippen molar-refractivity contribution < 1.29 is 59.7 Å². The van der Waals surface area contributed by atoms with E-state index in [9.17, 15) is 9.59 Å². The molecule has 0 fully saturated rings. The predicted molar refractivity (Wildman–Crippen MR) is 57.9 cm³/mol. The number of rotatable bonds is 2. The number of carboxylic acid groups (broad SMARTS) is 2. The van der Waals surface area contributed by atoms with E-state index in [4.69, 9.17) is 10.2 Å². The molecule has 0 amide bonds. The summed E-state index contributed by atoms with van der Waals surface area (Å²) in [6.45, 7) is 0. The van der Waals surface area contributed by atoms with Crippen molar-refractivity contribution in [2.75, 3.05) is 0 Å². The third kappa shape index (κ3) is 2.62. The van der Waals surface area contributed by atoms with Gasteiger partial charge in [-0.3, -0.25) is 0 Å². The second-order valence-corrected chi connectivity index (χ2v) is 3.32. The second-order valence-electron chi connectivity index (χ2n) is 3.32. The largest absolute Gasteiger partial charge is 0.478 e. The monoisotopic (exact) mass is 448 g/mol. The molecule has 0 aliphatic carbocycles. The Morgan fingerprint density at radius 2 is 1.12 bits per heavy atom. The molecule has 4 nitrogen and oxygen atoms in total. The van der Waals surface area contributed by atoms with Crippen LogP contribution in [-0.2, 0) is 0 Å². The molecule has 0 unspecified atom stereocenters. The first-order valence-corrected chi connectivity index (χ1v) is 4.59. The summed E-state index contributed by atoms with van der Waals surface area (Å²) >= 11 is 0. The Labute approximate surface area is 129 Å². The summed E-state index contributed by atoms with van der Waals surface area (Å²) in [4.78, 5) is 21.9. The number of aromatic carboxylic acids is 2. The average molecular weight is 448 g/mol. The van der Waals surface area contributed by atoms with Crippen LogP contribution in [0.3, 0.4) is 0 Å². The molecular weight excluding hydrogens is 440 g/mol. The fraction of sp³-hybridized carbons (Fsp3) is 0. The van der Waals surface area contributed by atoms with Crippen LogP contribution in [0.1, 0.15) is 20.7 Å². The van der Waals surface area contributed by atoms with Crippen LogP contribution in [0.15, 0.2) is 36.4 Å². The van der Waals surface area contributed by atoms with Gasteiger partial charge < -0.3 is 10.2 Å².